The minimum Gasteiger partial charge on any atom is -0.393 e. The van der Waals surface area contributed by atoms with Crippen molar-refractivity contribution in [1.82, 2.24) is 0 Å². The highest BCUT2D eigenvalue weighted by Crippen LogP contribution is 2.74. The quantitative estimate of drug-likeness (QED) is 0.551. The van der Waals surface area contributed by atoms with Crippen LogP contribution in [0.2, 0.25) is 0 Å². The van der Waals surface area contributed by atoms with E-state index in [2.05, 4.69) is 0 Å². The van der Waals surface area contributed by atoms with Crippen molar-refractivity contribution in [3.63, 3.8) is 0 Å². The van der Waals surface area contributed by atoms with Crippen molar-refractivity contribution in [1.29, 1.82) is 0 Å². The van der Waals surface area contributed by atoms with Crippen molar-refractivity contribution in [2.24, 2.45) is 0 Å². The fraction of sp³-hybridized carbons (Fsp3) is 0.467. The number of hydrogen-bond donors (Lipinski definition) is 5. The van der Waals surface area contributed by atoms with Gasteiger partial charge in [0.2, 0.25) is 0 Å². The molecule has 5 nitrogen and oxygen atoms in total. The third kappa shape index (κ3) is 1.29. The van der Waals surface area contributed by atoms with E-state index in [0.717, 1.165) is 0 Å². The van der Waals surface area contributed by atoms with Gasteiger partial charge in [-0.05, 0) is 44.8 Å². The van der Waals surface area contributed by atoms with Gasteiger partial charge in [-0.3, -0.25) is 0 Å². The van der Waals surface area contributed by atoms with Gasteiger partial charge in [0.25, 0.3) is 0 Å². The summed E-state index contributed by atoms with van der Waals surface area (Å²) >= 11 is 2.79. The van der Waals surface area contributed by atoms with Crippen LogP contribution < -0.4 is 0 Å². The van der Waals surface area contributed by atoms with Gasteiger partial charge in [0.15, 0.2) is 0 Å². The van der Waals surface area contributed by atoms with Gasteiger partial charge in [-0.2, -0.15) is 22.7 Å². The smallest absolute Gasteiger partial charge is 0.137 e. The van der Waals surface area contributed by atoms with E-state index in [4.69, 9.17) is 0 Å². The molecule has 0 bridgehead atoms. The SMILES string of the molecule is OC[C@]1(O)C(c2ccsc2)[C@]2(O)C(O)C(c3ccsc3)[C@@]21O. The molecule has 2 aromatic heterocycles. The van der Waals surface area contributed by atoms with Crippen molar-refractivity contribution in [3.8, 4) is 0 Å². The van der Waals surface area contributed by atoms with E-state index in [1.54, 1.807) is 33.7 Å². The molecule has 118 valence electrons. The fourth-order valence-electron chi connectivity index (χ4n) is 4.43. The molecule has 4 rings (SSSR count). The number of hydrogen-bond acceptors (Lipinski definition) is 7. The maximum Gasteiger partial charge on any atom is 0.137 e. The van der Waals surface area contributed by atoms with Gasteiger partial charge in [-0.15, -0.1) is 0 Å². The molecule has 0 radical (unpaired) electrons. The van der Waals surface area contributed by atoms with Gasteiger partial charge in [0, 0.05) is 5.92 Å². The molecule has 3 unspecified atom stereocenters. The van der Waals surface area contributed by atoms with E-state index < -0.39 is 41.3 Å². The summed E-state index contributed by atoms with van der Waals surface area (Å²) in [6.07, 6.45) is -1.20. The Kier molecular flexibility index (Phi) is 2.95. The van der Waals surface area contributed by atoms with Crippen LogP contribution in [-0.4, -0.2) is 55.0 Å². The first-order chi connectivity index (χ1) is 10.4. The molecule has 2 fully saturated rings. The summed E-state index contributed by atoms with van der Waals surface area (Å²) in [4.78, 5) is 0. The highest BCUT2D eigenvalue weighted by atomic mass is 32.1. The first kappa shape index (κ1) is 14.8. The maximum absolute atomic E-state index is 11.0. The van der Waals surface area contributed by atoms with E-state index in [9.17, 15) is 25.5 Å². The zero-order chi connectivity index (χ0) is 15.8. The summed E-state index contributed by atoms with van der Waals surface area (Å²) in [6, 6.07) is 3.46. The van der Waals surface area contributed by atoms with E-state index in [-0.39, 0.29) is 0 Å². The molecule has 6 atom stereocenters. The first-order valence-electron chi connectivity index (χ1n) is 6.93. The summed E-state index contributed by atoms with van der Waals surface area (Å²) < 4.78 is 0. The molecule has 0 aliphatic heterocycles. The van der Waals surface area contributed by atoms with Gasteiger partial charge < -0.3 is 25.5 Å². The average Bonchev–Trinajstić information content (AvgIpc) is 3.20. The Morgan fingerprint density at radius 1 is 1.00 bits per heavy atom. The van der Waals surface area contributed by atoms with Crippen LogP contribution in [0.1, 0.15) is 23.0 Å². The second-order valence-electron chi connectivity index (χ2n) is 6.14. The summed E-state index contributed by atoms with van der Waals surface area (Å²) in [5, 5.41) is 60.1. The van der Waals surface area contributed by atoms with Crippen LogP contribution in [0.5, 0.6) is 0 Å². The predicted octanol–water partition coefficient (Wildman–Crippen LogP) is 0.251. The Balaban J connectivity index is 1.83. The lowest BCUT2D eigenvalue weighted by atomic mass is 9.31. The number of thiophene rings is 2. The predicted molar refractivity (Wildman–Crippen MR) is 82.1 cm³/mol. The van der Waals surface area contributed by atoms with Crippen LogP contribution >= 0.6 is 22.7 Å². The standard InChI is InChI=1S/C15H16O5S2/c16-7-13(18)11(9-2-4-22-6-9)14(19)12(17)10(15(13,14)20)8-1-3-21-5-8/h1-6,10-12,16-20H,7H2/t10?,11?,12?,13-,14-,15-/m0/s1. The topological polar surface area (TPSA) is 101 Å². The molecule has 0 saturated heterocycles. The van der Waals surface area contributed by atoms with Gasteiger partial charge in [-0.1, -0.05) is 0 Å². The largest absolute Gasteiger partial charge is 0.393 e. The monoisotopic (exact) mass is 340 g/mol. The second kappa shape index (κ2) is 4.39. The maximum atomic E-state index is 11.0. The van der Waals surface area contributed by atoms with Crippen molar-refractivity contribution in [2.75, 3.05) is 6.61 Å². The lowest BCUT2D eigenvalue weighted by Crippen LogP contribution is -2.98. The Bertz CT molecular complexity index is 675. The third-order valence-corrected chi connectivity index (χ3v) is 6.83. The Morgan fingerprint density at radius 2 is 1.59 bits per heavy atom. The Labute approximate surface area is 134 Å². The molecule has 2 heterocycles. The molecule has 5 N–H and O–H groups in total. The highest BCUT2D eigenvalue weighted by Gasteiger charge is 2.92. The van der Waals surface area contributed by atoms with Crippen LogP contribution in [0.15, 0.2) is 33.7 Å². The number of rotatable bonds is 3. The summed E-state index contributed by atoms with van der Waals surface area (Å²) in [5.41, 5.74) is -4.47. The van der Waals surface area contributed by atoms with Crippen LogP contribution in [0.4, 0.5) is 0 Å². The van der Waals surface area contributed by atoms with Crippen molar-refractivity contribution < 1.29 is 25.5 Å². The fourth-order valence-corrected chi connectivity index (χ4v) is 5.81. The Hall–Kier alpha value is -0.800. The lowest BCUT2D eigenvalue weighted by Gasteiger charge is -2.79. The number of aliphatic hydroxyl groups is 5. The third-order valence-electron chi connectivity index (χ3n) is 5.42. The molecule has 22 heavy (non-hydrogen) atoms. The molecular formula is C15H16O5S2. The molecule has 2 aliphatic carbocycles. The normalized spacial score (nSPS) is 46.7. The summed E-state index contributed by atoms with van der Waals surface area (Å²) in [6.45, 7) is -0.695. The van der Waals surface area contributed by atoms with Crippen molar-refractivity contribution >= 4 is 22.7 Å². The van der Waals surface area contributed by atoms with E-state index in [1.165, 1.54) is 22.7 Å². The first-order valence-corrected chi connectivity index (χ1v) is 8.81. The van der Waals surface area contributed by atoms with Gasteiger partial charge in [0.05, 0.1) is 18.6 Å². The molecule has 2 aromatic rings. The molecular weight excluding hydrogens is 324 g/mol. The van der Waals surface area contributed by atoms with Crippen molar-refractivity contribution in [3.05, 3.63) is 44.8 Å². The van der Waals surface area contributed by atoms with Gasteiger partial charge in [-0.25, -0.2) is 0 Å². The molecule has 2 saturated carbocycles. The van der Waals surface area contributed by atoms with Crippen LogP contribution in [0.25, 0.3) is 0 Å². The lowest BCUT2D eigenvalue weighted by molar-refractivity contribution is -0.448. The molecule has 2 aliphatic rings. The van der Waals surface area contributed by atoms with Gasteiger partial charge in [0.1, 0.15) is 16.8 Å². The number of aliphatic hydroxyl groups excluding tert-OH is 2. The zero-order valence-corrected chi connectivity index (χ0v) is 13.1. The zero-order valence-electron chi connectivity index (χ0n) is 11.5. The van der Waals surface area contributed by atoms with E-state index in [1.807, 2.05) is 0 Å². The second-order valence-corrected chi connectivity index (χ2v) is 7.70. The minimum absolute atomic E-state index is 0.608. The van der Waals surface area contributed by atoms with Crippen LogP contribution in [0.3, 0.4) is 0 Å². The van der Waals surface area contributed by atoms with Crippen molar-refractivity contribution in [2.45, 2.75) is 34.7 Å². The molecule has 0 spiro atoms. The Morgan fingerprint density at radius 3 is 2.09 bits per heavy atom. The molecule has 0 amide bonds. The van der Waals surface area contributed by atoms with E-state index >= 15 is 0 Å². The number of fused-ring (bicyclic) bond motifs is 1. The van der Waals surface area contributed by atoms with Crippen LogP contribution in [-0.2, 0) is 0 Å². The molecule has 7 heteroatoms. The summed E-state index contributed by atoms with van der Waals surface area (Å²) in [7, 11) is 0. The summed E-state index contributed by atoms with van der Waals surface area (Å²) in [5.74, 6) is -1.75. The highest BCUT2D eigenvalue weighted by molar-refractivity contribution is 7.08. The average molecular weight is 340 g/mol. The van der Waals surface area contributed by atoms with Crippen LogP contribution in [0, 0.1) is 0 Å². The van der Waals surface area contributed by atoms with Gasteiger partial charge >= 0.3 is 0 Å². The van der Waals surface area contributed by atoms with E-state index in [0.29, 0.717) is 11.1 Å². The minimum atomic E-state index is -1.97. The molecule has 0 aromatic carbocycles.